The van der Waals surface area contributed by atoms with Crippen LogP contribution in [0.5, 0.6) is 0 Å². The first-order valence-corrected chi connectivity index (χ1v) is 5.32. The van der Waals surface area contributed by atoms with Crippen LogP contribution in [0.1, 0.15) is 5.56 Å². The molecule has 2 fully saturated rings. The second kappa shape index (κ2) is 3.93. The summed E-state index contributed by atoms with van der Waals surface area (Å²) in [6.45, 7) is 2.28. The third-order valence-electron chi connectivity index (χ3n) is 2.74. The van der Waals surface area contributed by atoms with Crippen LogP contribution in [0.25, 0.3) is 0 Å². The zero-order valence-electron chi connectivity index (χ0n) is 8.46. The maximum absolute atomic E-state index is 5.83. The number of rotatable bonds is 5. The van der Waals surface area contributed by atoms with Crippen molar-refractivity contribution in [1.82, 2.24) is 0 Å². The molecule has 3 atom stereocenters. The summed E-state index contributed by atoms with van der Waals surface area (Å²) >= 11 is 0. The molecule has 0 saturated carbocycles. The SMILES string of the molecule is c1ccc(COC([C@@H]2CO2)[C@H]2CO2)cc1. The van der Waals surface area contributed by atoms with E-state index < -0.39 is 0 Å². The van der Waals surface area contributed by atoms with E-state index in [0.717, 1.165) is 13.2 Å². The molecule has 2 heterocycles. The Morgan fingerprint density at radius 3 is 2.27 bits per heavy atom. The Kier molecular flexibility index (Phi) is 2.44. The molecule has 3 nitrogen and oxygen atoms in total. The van der Waals surface area contributed by atoms with Crippen molar-refractivity contribution in [3.8, 4) is 0 Å². The van der Waals surface area contributed by atoms with Gasteiger partial charge in [-0.15, -0.1) is 0 Å². The quantitative estimate of drug-likeness (QED) is 0.682. The van der Waals surface area contributed by atoms with Gasteiger partial charge in [0.05, 0.1) is 19.8 Å². The zero-order valence-corrected chi connectivity index (χ0v) is 8.46. The zero-order chi connectivity index (χ0) is 10.1. The van der Waals surface area contributed by atoms with Crippen LogP contribution >= 0.6 is 0 Å². The molecule has 15 heavy (non-hydrogen) atoms. The predicted molar refractivity (Wildman–Crippen MR) is 54.5 cm³/mol. The minimum atomic E-state index is 0.130. The van der Waals surface area contributed by atoms with Gasteiger partial charge in [-0.05, 0) is 5.56 Å². The fourth-order valence-electron chi connectivity index (χ4n) is 1.71. The molecule has 3 rings (SSSR count). The largest absolute Gasteiger partial charge is 0.370 e. The lowest BCUT2D eigenvalue weighted by Gasteiger charge is -2.12. The van der Waals surface area contributed by atoms with Gasteiger partial charge in [0.15, 0.2) is 0 Å². The Morgan fingerprint density at radius 2 is 1.73 bits per heavy atom. The number of hydrogen-bond acceptors (Lipinski definition) is 3. The Hall–Kier alpha value is -0.900. The lowest BCUT2D eigenvalue weighted by molar-refractivity contribution is 0.00413. The average molecular weight is 206 g/mol. The summed E-state index contributed by atoms with van der Waals surface area (Å²) in [6, 6.07) is 10.2. The Balaban J connectivity index is 1.55. The number of hydrogen-bond donors (Lipinski definition) is 0. The van der Waals surface area contributed by atoms with Gasteiger partial charge >= 0.3 is 0 Å². The van der Waals surface area contributed by atoms with E-state index in [4.69, 9.17) is 14.2 Å². The average Bonchev–Trinajstić information content (AvgIpc) is 3.14. The highest BCUT2D eigenvalue weighted by Crippen LogP contribution is 2.28. The molecule has 1 aromatic rings. The van der Waals surface area contributed by atoms with Crippen molar-refractivity contribution in [3.05, 3.63) is 35.9 Å². The maximum atomic E-state index is 5.83. The van der Waals surface area contributed by atoms with Crippen molar-refractivity contribution in [1.29, 1.82) is 0 Å². The standard InChI is InChI=1S/C12H14O3/c1-2-4-9(5-3-1)6-15-12(10-7-13-10)11-8-14-11/h1-5,10-12H,6-8H2/t10-,11+,12?. The summed E-state index contributed by atoms with van der Waals surface area (Å²) in [4.78, 5) is 0. The molecular weight excluding hydrogens is 192 g/mol. The second-order valence-corrected chi connectivity index (χ2v) is 4.00. The molecule has 1 unspecified atom stereocenters. The molecule has 3 heteroatoms. The van der Waals surface area contributed by atoms with Gasteiger partial charge in [-0.1, -0.05) is 30.3 Å². The summed E-state index contributed by atoms with van der Waals surface area (Å²) in [5.41, 5.74) is 1.20. The van der Waals surface area contributed by atoms with E-state index in [0.29, 0.717) is 6.61 Å². The molecular formula is C12H14O3. The summed E-state index contributed by atoms with van der Waals surface area (Å²) < 4.78 is 16.3. The summed E-state index contributed by atoms with van der Waals surface area (Å²) in [6.07, 6.45) is 0.660. The topological polar surface area (TPSA) is 34.3 Å². The van der Waals surface area contributed by atoms with Crippen LogP contribution in [0.2, 0.25) is 0 Å². The Labute approximate surface area is 89.0 Å². The van der Waals surface area contributed by atoms with E-state index in [1.807, 2.05) is 18.2 Å². The molecule has 0 amide bonds. The molecule has 80 valence electrons. The first kappa shape index (κ1) is 9.33. The third-order valence-corrected chi connectivity index (χ3v) is 2.74. The first-order chi connectivity index (χ1) is 7.43. The normalized spacial score (nSPS) is 29.9. The van der Waals surface area contributed by atoms with Crippen molar-refractivity contribution in [3.63, 3.8) is 0 Å². The summed E-state index contributed by atoms with van der Waals surface area (Å²) in [5, 5.41) is 0. The predicted octanol–water partition coefficient (Wildman–Crippen LogP) is 1.37. The van der Waals surface area contributed by atoms with Gasteiger partial charge in [-0.3, -0.25) is 0 Å². The van der Waals surface area contributed by atoms with Gasteiger partial charge in [-0.2, -0.15) is 0 Å². The monoisotopic (exact) mass is 206 g/mol. The van der Waals surface area contributed by atoms with Crippen molar-refractivity contribution < 1.29 is 14.2 Å². The fourth-order valence-corrected chi connectivity index (χ4v) is 1.71. The van der Waals surface area contributed by atoms with Crippen molar-refractivity contribution >= 4 is 0 Å². The van der Waals surface area contributed by atoms with Crippen molar-refractivity contribution in [2.24, 2.45) is 0 Å². The lowest BCUT2D eigenvalue weighted by Crippen LogP contribution is -2.26. The van der Waals surface area contributed by atoms with Crippen molar-refractivity contribution in [2.45, 2.75) is 24.9 Å². The van der Waals surface area contributed by atoms with Crippen LogP contribution < -0.4 is 0 Å². The highest BCUT2D eigenvalue weighted by molar-refractivity contribution is 5.13. The van der Waals surface area contributed by atoms with Crippen LogP contribution in [-0.4, -0.2) is 31.5 Å². The molecule has 1 aromatic carbocycles. The van der Waals surface area contributed by atoms with Crippen LogP contribution in [0.3, 0.4) is 0 Å². The smallest absolute Gasteiger partial charge is 0.115 e. The number of benzene rings is 1. The van der Waals surface area contributed by atoms with E-state index in [2.05, 4.69) is 12.1 Å². The molecule has 0 bridgehead atoms. The van der Waals surface area contributed by atoms with E-state index in [9.17, 15) is 0 Å². The highest BCUT2D eigenvalue weighted by Gasteiger charge is 2.45. The van der Waals surface area contributed by atoms with Crippen LogP contribution in [0, 0.1) is 0 Å². The van der Waals surface area contributed by atoms with Gasteiger partial charge in [0.2, 0.25) is 0 Å². The van der Waals surface area contributed by atoms with Crippen molar-refractivity contribution in [2.75, 3.05) is 13.2 Å². The van der Waals surface area contributed by atoms with Gasteiger partial charge in [0, 0.05) is 0 Å². The molecule has 2 saturated heterocycles. The Bertz CT molecular complexity index is 305. The molecule has 0 aliphatic carbocycles. The summed E-state index contributed by atoms with van der Waals surface area (Å²) in [7, 11) is 0. The molecule has 0 radical (unpaired) electrons. The Morgan fingerprint density at radius 1 is 1.13 bits per heavy atom. The lowest BCUT2D eigenvalue weighted by atomic mass is 10.2. The molecule has 2 aliphatic heterocycles. The highest BCUT2D eigenvalue weighted by atomic mass is 16.6. The molecule has 0 aromatic heterocycles. The van der Waals surface area contributed by atoms with E-state index >= 15 is 0 Å². The summed E-state index contributed by atoms with van der Waals surface area (Å²) in [5.74, 6) is 0. The molecule has 0 spiro atoms. The fraction of sp³-hybridized carbons (Fsp3) is 0.500. The third kappa shape index (κ3) is 2.37. The second-order valence-electron chi connectivity index (χ2n) is 4.00. The van der Waals surface area contributed by atoms with Crippen LogP contribution in [-0.2, 0) is 20.8 Å². The number of ether oxygens (including phenoxy) is 3. The van der Waals surface area contributed by atoms with Gasteiger partial charge in [0.1, 0.15) is 18.3 Å². The molecule has 2 aliphatic rings. The minimum Gasteiger partial charge on any atom is -0.370 e. The first-order valence-electron chi connectivity index (χ1n) is 5.32. The van der Waals surface area contributed by atoms with Crippen LogP contribution in [0.15, 0.2) is 30.3 Å². The van der Waals surface area contributed by atoms with Gasteiger partial charge in [-0.25, -0.2) is 0 Å². The van der Waals surface area contributed by atoms with Gasteiger partial charge in [0.25, 0.3) is 0 Å². The van der Waals surface area contributed by atoms with E-state index in [1.165, 1.54) is 5.56 Å². The van der Waals surface area contributed by atoms with Gasteiger partial charge < -0.3 is 14.2 Å². The van der Waals surface area contributed by atoms with E-state index in [-0.39, 0.29) is 18.3 Å². The maximum Gasteiger partial charge on any atom is 0.115 e. The molecule has 0 N–H and O–H groups in total. The minimum absolute atomic E-state index is 0.130. The van der Waals surface area contributed by atoms with Crippen LogP contribution in [0.4, 0.5) is 0 Å². The number of epoxide rings is 2. The van der Waals surface area contributed by atoms with E-state index in [1.54, 1.807) is 0 Å².